The number of hydrogen-bond donors (Lipinski definition) is 0. The lowest BCUT2D eigenvalue weighted by Crippen LogP contribution is -2.20. The highest BCUT2D eigenvalue weighted by atomic mass is 32.2. The van der Waals surface area contributed by atoms with Crippen LogP contribution in [0.1, 0.15) is 6.92 Å². The molecule has 0 spiro atoms. The van der Waals surface area contributed by atoms with Gasteiger partial charge in [0.15, 0.2) is 0 Å². The molecule has 1 aromatic rings. The molecule has 0 radical (unpaired) electrons. The van der Waals surface area contributed by atoms with E-state index in [-0.39, 0.29) is 17.1 Å². The minimum Gasteiger partial charge on any atom is -0.448 e. The van der Waals surface area contributed by atoms with E-state index >= 15 is 0 Å². The van der Waals surface area contributed by atoms with Crippen LogP contribution < -0.4 is 0 Å². The van der Waals surface area contributed by atoms with Crippen LogP contribution in [0.15, 0.2) is 29.2 Å². The van der Waals surface area contributed by atoms with E-state index < -0.39 is 20.2 Å². The Morgan fingerprint density at radius 1 is 1.35 bits per heavy atom. The lowest BCUT2D eigenvalue weighted by atomic mass is 10.3. The van der Waals surface area contributed by atoms with E-state index in [4.69, 9.17) is 0 Å². The fourth-order valence-corrected chi connectivity index (χ4v) is 2.19. The zero-order valence-electron chi connectivity index (χ0n) is 8.77. The Labute approximate surface area is 97.1 Å². The second-order valence-electron chi connectivity index (χ2n) is 3.10. The molecular formula is C9H9NO6S. The Bertz CT molecular complexity index is 521. The monoisotopic (exact) mass is 259 g/mol. The van der Waals surface area contributed by atoms with Gasteiger partial charge in [-0.15, -0.1) is 0 Å². The number of non-ortho nitro benzene ring substituents is 1. The summed E-state index contributed by atoms with van der Waals surface area (Å²) in [6.07, 6.45) is 0. The molecule has 92 valence electrons. The number of rotatable bonds is 5. The van der Waals surface area contributed by atoms with Crippen LogP contribution >= 0.6 is 0 Å². The number of nitro benzene ring substituents is 1. The van der Waals surface area contributed by atoms with Gasteiger partial charge in [-0.2, -0.15) is 0 Å². The molecule has 8 heteroatoms. The molecule has 1 atom stereocenters. The van der Waals surface area contributed by atoms with Crippen molar-refractivity contribution in [3.63, 3.8) is 0 Å². The number of nitrogens with zero attached hydrogens (tertiary/aromatic N) is 1. The van der Waals surface area contributed by atoms with E-state index in [2.05, 4.69) is 4.74 Å². The maximum atomic E-state index is 11.7. The first kappa shape index (κ1) is 13.1. The lowest BCUT2D eigenvalue weighted by Gasteiger charge is -2.10. The van der Waals surface area contributed by atoms with Crippen molar-refractivity contribution in [2.75, 3.05) is 0 Å². The van der Waals surface area contributed by atoms with Gasteiger partial charge in [0.05, 0.1) is 9.82 Å². The van der Waals surface area contributed by atoms with Crippen LogP contribution in [0.5, 0.6) is 0 Å². The van der Waals surface area contributed by atoms with Gasteiger partial charge in [-0.1, -0.05) is 0 Å². The van der Waals surface area contributed by atoms with Gasteiger partial charge < -0.3 is 4.74 Å². The van der Waals surface area contributed by atoms with Crippen molar-refractivity contribution in [2.45, 2.75) is 17.3 Å². The molecule has 0 bridgehead atoms. The van der Waals surface area contributed by atoms with Crippen molar-refractivity contribution in [3.05, 3.63) is 34.4 Å². The third-order valence-electron chi connectivity index (χ3n) is 2.06. The maximum Gasteiger partial charge on any atom is 0.294 e. The van der Waals surface area contributed by atoms with Gasteiger partial charge in [-0.25, -0.2) is 8.42 Å². The lowest BCUT2D eigenvalue weighted by molar-refractivity contribution is -0.384. The summed E-state index contributed by atoms with van der Waals surface area (Å²) >= 11 is 0. The molecule has 1 aromatic carbocycles. The molecule has 0 saturated heterocycles. The highest BCUT2D eigenvalue weighted by Gasteiger charge is 2.24. The molecule has 1 unspecified atom stereocenters. The average molecular weight is 259 g/mol. The molecular weight excluding hydrogens is 250 g/mol. The second-order valence-corrected chi connectivity index (χ2v) is 5.32. The number of hydrogen-bond acceptors (Lipinski definition) is 6. The maximum absolute atomic E-state index is 11.7. The van der Waals surface area contributed by atoms with Crippen LogP contribution in [0.3, 0.4) is 0 Å². The first-order chi connectivity index (χ1) is 7.89. The number of nitro groups is 1. The van der Waals surface area contributed by atoms with Crippen LogP contribution in [0.4, 0.5) is 5.69 Å². The zero-order chi connectivity index (χ0) is 13.1. The number of benzene rings is 1. The van der Waals surface area contributed by atoms with Gasteiger partial charge in [-0.05, 0) is 19.1 Å². The molecule has 0 N–H and O–H groups in total. The molecule has 0 fully saturated rings. The molecule has 0 aromatic heterocycles. The van der Waals surface area contributed by atoms with Gasteiger partial charge in [0.1, 0.15) is 0 Å². The standard InChI is InChI=1S/C9H9NO6S/c1-7(16-6-11)17(14,15)9-4-2-8(3-5-9)10(12)13/h2-7H,1H3. The molecule has 0 aliphatic carbocycles. The normalized spacial score (nSPS) is 12.8. The Morgan fingerprint density at radius 3 is 2.29 bits per heavy atom. The largest absolute Gasteiger partial charge is 0.448 e. The fraction of sp³-hybridized carbons (Fsp3) is 0.222. The predicted octanol–water partition coefficient (Wildman–Crippen LogP) is 0.888. The number of carbonyl (C=O) groups is 1. The third-order valence-corrected chi connectivity index (χ3v) is 3.97. The van der Waals surface area contributed by atoms with Gasteiger partial charge in [0.25, 0.3) is 12.2 Å². The van der Waals surface area contributed by atoms with E-state index in [1.807, 2.05) is 0 Å². The van der Waals surface area contributed by atoms with Crippen molar-refractivity contribution in [1.82, 2.24) is 0 Å². The summed E-state index contributed by atoms with van der Waals surface area (Å²) in [5.41, 5.74) is -1.55. The van der Waals surface area contributed by atoms with Crippen molar-refractivity contribution >= 4 is 22.0 Å². The topological polar surface area (TPSA) is 104 Å². The molecule has 1 rings (SSSR count). The summed E-state index contributed by atoms with van der Waals surface area (Å²) in [5.74, 6) is 0. The highest BCUT2D eigenvalue weighted by Crippen LogP contribution is 2.19. The Balaban J connectivity index is 3.08. The van der Waals surface area contributed by atoms with Crippen molar-refractivity contribution < 1.29 is 22.9 Å². The van der Waals surface area contributed by atoms with Gasteiger partial charge in [0, 0.05) is 12.1 Å². The van der Waals surface area contributed by atoms with Crippen LogP contribution in [0.25, 0.3) is 0 Å². The highest BCUT2D eigenvalue weighted by molar-refractivity contribution is 7.91. The molecule has 17 heavy (non-hydrogen) atoms. The SMILES string of the molecule is CC(OC=O)S(=O)(=O)c1ccc([N+](=O)[O-])cc1. The van der Waals surface area contributed by atoms with Crippen LogP contribution in [-0.2, 0) is 19.4 Å². The van der Waals surface area contributed by atoms with Crippen LogP contribution in [0, 0.1) is 10.1 Å². The number of carbonyl (C=O) groups excluding carboxylic acids is 1. The summed E-state index contributed by atoms with van der Waals surface area (Å²) in [6, 6.07) is 4.33. The number of ether oxygens (including phenoxy) is 1. The van der Waals surface area contributed by atoms with Crippen molar-refractivity contribution in [2.24, 2.45) is 0 Å². The fourth-order valence-electron chi connectivity index (χ4n) is 1.10. The smallest absolute Gasteiger partial charge is 0.294 e. The Hall–Kier alpha value is -1.96. The minimum absolute atomic E-state index is 0.0353. The summed E-state index contributed by atoms with van der Waals surface area (Å²) in [6.45, 7) is 1.23. The van der Waals surface area contributed by atoms with E-state index in [0.717, 1.165) is 24.3 Å². The van der Waals surface area contributed by atoms with Crippen molar-refractivity contribution in [1.29, 1.82) is 0 Å². The summed E-state index contributed by atoms with van der Waals surface area (Å²) in [5, 5.41) is 10.4. The molecule has 0 aliphatic rings. The van der Waals surface area contributed by atoms with Crippen LogP contribution in [-0.4, -0.2) is 25.2 Å². The minimum atomic E-state index is -3.82. The summed E-state index contributed by atoms with van der Waals surface area (Å²) < 4.78 is 27.8. The summed E-state index contributed by atoms with van der Waals surface area (Å²) in [7, 11) is -3.82. The first-order valence-electron chi connectivity index (χ1n) is 4.47. The van der Waals surface area contributed by atoms with Crippen molar-refractivity contribution in [3.8, 4) is 0 Å². The molecule has 7 nitrogen and oxygen atoms in total. The number of sulfone groups is 1. The zero-order valence-corrected chi connectivity index (χ0v) is 9.59. The Morgan fingerprint density at radius 2 is 1.88 bits per heavy atom. The van der Waals surface area contributed by atoms with E-state index in [1.165, 1.54) is 6.92 Å². The molecule has 0 amide bonds. The molecule has 0 saturated carbocycles. The second kappa shape index (κ2) is 4.91. The van der Waals surface area contributed by atoms with E-state index in [1.54, 1.807) is 0 Å². The summed E-state index contributed by atoms with van der Waals surface area (Å²) in [4.78, 5) is 19.7. The van der Waals surface area contributed by atoms with E-state index in [9.17, 15) is 23.3 Å². The van der Waals surface area contributed by atoms with Gasteiger partial charge in [0.2, 0.25) is 15.3 Å². The van der Waals surface area contributed by atoms with Crippen LogP contribution in [0.2, 0.25) is 0 Å². The quantitative estimate of drug-likeness (QED) is 0.442. The third kappa shape index (κ3) is 2.78. The first-order valence-corrected chi connectivity index (χ1v) is 6.01. The van der Waals surface area contributed by atoms with Gasteiger partial charge >= 0.3 is 0 Å². The average Bonchev–Trinajstić information content (AvgIpc) is 2.29. The van der Waals surface area contributed by atoms with Gasteiger partial charge in [-0.3, -0.25) is 14.9 Å². The molecule has 0 aliphatic heterocycles. The molecule has 0 heterocycles. The predicted molar refractivity (Wildman–Crippen MR) is 56.9 cm³/mol. The van der Waals surface area contributed by atoms with E-state index in [0.29, 0.717) is 0 Å². The Kier molecular flexibility index (Phi) is 3.79.